The van der Waals surface area contributed by atoms with Gasteiger partial charge in [0.05, 0.1) is 4.99 Å². The molecule has 4 nitrogen and oxygen atoms in total. The number of hydrogen-bond donors (Lipinski definition) is 1. The Kier molecular flexibility index (Phi) is 4.03. The maximum atomic E-state index is 5.44. The summed E-state index contributed by atoms with van der Waals surface area (Å²) < 4.78 is 2.02. The molecule has 78 valence electrons. The molecule has 0 aliphatic rings. The van der Waals surface area contributed by atoms with E-state index in [0.717, 1.165) is 18.8 Å². The van der Waals surface area contributed by atoms with Crippen molar-refractivity contribution in [2.24, 2.45) is 12.8 Å². The average molecular weight is 212 g/mol. The van der Waals surface area contributed by atoms with E-state index in [1.54, 1.807) is 0 Å². The molecule has 0 aliphatic carbocycles. The van der Waals surface area contributed by atoms with E-state index in [2.05, 4.69) is 9.88 Å². The predicted molar refractivity (Wildman–Crippen MR) is 61.2 cm³/mol. The van der Waals surface area contributed by atoms with Crippen molar-refractivity contribution in [2.45, 2.75) is 6.42 Å². The normalized spacial score (nSPS) is 10.8. The number of nitrogens with two attached hydrogens (primary N) is 1. The molecular weight excluding hydrogens is 196 g/mol. The molecule has 0 fully saturated rings. The average Bonchev–Trinajstić information content (AvgIpc) is 2.46. The molecule has 0 aliphatic heterocycles. The molecule has 1 heterocycles. The van der Waals surface area contributed by atoms with Crippen LogP contribution in [0.5, 0.6) is 0 Å². The van der Waals surface area contributed by atoms with Gasteiger partial charge in [0.2, 0.25) is 0 Å². The van der Waals surface area contributed by atoms with Crippen LogP contribution >= 0.6 is 12.2 Å². The van der Waals surface area contributed by atoms with Crippen LogP contribution in [-0.4, -0.2) is 39.6 Å². The van der Waals surface area contributed by atoms with Crippen molar-refractivity contribution in [3.05, 3.63) is 18.2 Å². The summed E-state index contributed by atoms with van der Waals surface area (Å²) in [6.07, 6.45) is 4.68. The number of imidazole rings is 1. The minimum Gasteiger partial charge on any atom is -0.392 e. The SMILES string of the molecule is CN(CCc1nccn1C)CC(N)=S. The van der Waals surface area contributed by atoms with Crippen LogP contribution in [0.3, 0.4) is 0 Å². The molecule has 1 aromatic heterocycles. The third-order valence-electron chi connectivity index (χ3n) is 2.06. The lowest BCUT2D eigenvalue weighted by Gasteiger charge is -2.14. The zero-order valence-electron chi connectivity index (χ0n) is 8.60. The largest absolute Gasteiger partial charge is 0.392 e. The van der Waals surface area contributed by atoms with E-state index in [4.69, 9.17) is 18.0 Å². The molecule has 0 amide bonds. The van der Waals surface area contributed by atoms with Gasteiger partial charge in [0.25, 0.3) is 0 Å². The quantitative estimate of drug-likeness (QED) is 0.707. The topological polar surface area (TPSA) is 47.1 Å². The molecule has 0 saturated carbocycles. The van der Waals surface area contributed by atoms with Crippen molar-refractivity contribution in [3.63, 3.8) is 0 Å². The fourth-order valence-electron chi connectivity index (χ4n) is 1.27. The minimum atomic E-state index is 0.535. The first kappa shape index (κ1) is 11.1. The van der Waals surface area contributed by atoms with Gasteiger partial charge in [0.1, 0.15) is 5.82 Å². The Balaban J connectivity index is 2.34. The van der Waals surface area contributed by atoms with Gasteiger partial charge in [-0.05, 0) is 7.05 Å². The van der Waals surface area contributed by atoms with Gasteiger partial charge in [-0.15, -0.1) is 0 Å². The number of nitrogens with zero attached hydrogens (tertiary/aromatic N) is 3. The van der Waals surface area contributed by atoms with Crippen molar-refractivity contribution < 1.29 is 0 Å². The third-order valence-corrected chi connectivity index (χ3v) is 2.19. The molecule has 1 rings (SSSR count). The van der Waals surface area contributed by atoms with Gasteiger partial charge >= 0.3 is 0 Å². The van der Waals surface area contributed by atoms with Crippen molar-refractivity contribution in [3.8, 4) is 0 Å². The van der Waals surface area contributed by atoms with E-state index in [-0.39, 0.29) is 0 Å². The number of aryl methyl sites for hydroxylation is 1. The highest BCUT2D eigenvalue weighted by atomic mass is 32.1. The number of hydrogen-bond acceptors (Lipinski definition) is 3. The number of aromatic nitrogens is 2. The van der Waals surface area contributed by atoms with Crippen molar-refractivity contribution >= 4 is 17.2 Å². The molecule has 0 bridgehead atoms. The Morgan fingerprint density at radius 2 is 2.43 bits per heavy atom. The molecule has 0 saturated heterocycles. The Bertz CT molecular complexity index is 308. The first-order chi connectivity index (χ1) is 6.59. The standard InChI is InChI=1S/C9H16N4S/c1-12(7-8(10)14)5-3-9-11-4-6-13(9)2/h4,6H,3,5,7H2,1-2H3,(H2,10,14). The molecule has 0 atom stereocenters. The second kappa shape index (κ2) is 5.07. The summed E-state index contributed by atoms with van der Waals surface area (Å²) in [5, 5.41) is 0. The zero-order valence-corrected chi connectivity index (χ0v) is 9.42. The van der Waals surface area contributed by atoms with E-state index in [0.29, 0.717) is 11.5 Å². The summed E-state index contributed by atoms with van der Waals surface area (Å²) in [7, 11) is 4.00. The molecule has 14 heavy (non-hydrogen) atoms. The van der Waals surface area contributed by atoms with E-state index in [9.17, 15) is 0 Å². The van der Waals surface area contributed by atoms with Crippen LogP contribution in [-0.2, 0) is 13.5 Å². The molecule has 2 N–H and O–H groups in total. The van der Waals surface area contributed by atoms with Gasteiger partial charge in [0, 0.05) is 39.0 Å². The monoisotopic (exact) mass is 212 g/mol. The Labute approximate surface area is 89.7 Å². The van der Waals surface area contributed by atoms with E-state index in [1.165, 1.54) is 0 Å². The van der Waals surface area contributed by atoms with Crippen molar-refractivity contribution in [1.29, 1.82) is 0 Å². The van der Waals surface area contributed by atoms with E-state index >= 15 is 0 Å². The van der Waals surface area contributed by atoms with Crippen LogP contribution in [0.15, 0.2) is 12.4 Å². The van der Waals surface area contributed by atoms with Gasteiger partial charge in [0.15, 0.2) is 0 Å². The summed E-state index contributed by atoms with van der Waals surface area (Å²) in [4.78, 5) is 6.87. The lowest BCUT2D eigenvalue weighted by Crippen LogP contribution is -2.31. The summed E-state index contributed by atoms with van der Waals surface area (Å²) in [6, 6.07) is 0. The molecule has 0 spiro atoms. The van der Waals surface area contributed by atoms with Crippen LogP contribution in [0.1, 0.15) is 5.82 Å². The lowest BCUT2D eigenvalue weighted by molar-refractivity contribution is 0.381. The van der Waals surface area contributed by atoms with Crippen LogP contribution < -0.4 is 5.73 Å². The second-order valence-corrected chi connectivity index (χ2v) is 3.93. The van der Waals surface area contributed by atoms with Crippen molar-refractivity contribution in [1.82, 2.24) is 14.5 Å². The van der Waals surface area contributed by atoms with Crippen LogP contribution in [0.4, 0.5) is 0 Å². The van der Waals surface area contributed by atoms with E-state index < -0.39 is 0 Å². The minimum absolute atomic E-state index is 0.535. The van der Waals surface area contributed by atoms with Gasteiger partial charge < -0.3 is 10.3 Å². The third kappa shape index (κ3) is 3.43. The molecule has 0 unspecified atom stereocenters. The fraction of sp³-hybridized carbons (Fsp3) is 0.556. The smallest absolute Gasteiger partial charge is 0.109 e. The molecule has 0 radical (unpaired) electrons. The summed E-state index contributed by atoms with van der Waals surface area (Å²) in [5.74, 6) is 1.08. The number of rotatable bonds is 5. The second-order valence-electron chi connectivity index (χ2n) is 3.41. The molecule has 0 aromatic carbocycles. The Morgan fingerprint density at radius 3 is 2.93 bits per heavy atom. The van der Waals surface area contributed by atoms with Crippen molar-refractivity contribution in [2.75, 3.05) is 20.1 Å². The first-order valence-corrected chi connectivity index (χ1v) is 4.93. The summed E-state index contributed by atoms with van der Waals surface area (Å²) >= 11 is 4.83. The summed E-state index contributed by atoms with van der Waals surface area (Å²) in [5.41, 5.74) is 5.44. The van der Waals surface area contributed by atoms with E-state index in [1.807, 2.05) is 31.1 Å². The van der Waals surface area contributed by atoms with Gasteiger partial charge in [-0.3, -0.25) is 4.90 Å². The summed E-state index contributed by atoms with van der Waals surface area (Å²) in [6.45, 7) is 1.59. The lowest BCUT2D eigenvalue weighted by atomic mass is 10.3. The number of thiocarbonyl (C=S) groups is 1. The fourth-order valence-corrected chi connectivity index (χ4v) is 1.49. The number of likely N-dealkylation sites (N-methyl/N-ethyl adjacent to an activating group) is 1. The van der Waals surface area contributed by atoms with Gasteiger partial charge in [-0.25, -0.2) is 4.98 Å². The Hall–Kier alpha value is -0.940. The highest BCUT2D eigenvalue weighted by Crippen LogP contribution is 1.96. The van der Waals surface area contributed by atoms with Crippen LogP contribution in [0, 0.1) is 0 Å². The van der Waals surface area contributed by atoms with Gasteiger partial charge in [-0.2, -0.15) is 0 Å². The molecular formula is C9H16N4S. The molecule has 5 heteroatoms. The maximum Gasteiger partial charge on any atom is 0.109 e. The van der Waals surface area contributed by atoms with Gasteiger partial charge in [-0.1, -0.05) is 12.2 Å². The highest BCUT2D eigenvalue weighted by Gasteiger charge is 2.03. The Morgan fingerprint density at radius 1 is 1.71 bits per heavy atom. The first-order valence-electron chi connectivity index (χ1n) is 4.52. The predicted octanol–water partition coefficient (Wildman–Crippen LogP) is 0.180. The molecule has 1 aromatic rings. The zero-order chi connectivity index (χ0) is 10.6. The maximum absolute atomic E-state index is 5.44. The van der Waals surface area contributed by atoms with Crippen LogP contribution in [0.2, 0.25) is 0 Å². The van der Waals surface area contributed by atoms with Crippen LogP contribution in [0.25, 0.3) is 0 Å². The highest BCUT2D eigenvalue weighted by molar-refractivity contribution is 7.80.